The van der Waals surface area contributed by atoms with Gasteiger partial charge in [0.1, 0.15) is 5.56 Å². The molecule has 0 spiro atoms. The van der Waals surface area contributed by atoms with Crippen LogP contribution in [0.4, 0.5) is 13.2 Å². The predicted molar refractivity (Wildman–Crippen MR) is 44.7 cm³/mol. The Labute approximate surface area is 87.8 Å². The maximum Gasteiger partial charge on any atom is 0.420 e. The van der Waals surface area contributed by atoms with Crippen molar-refractivity contribution in [2.75, 3.05) is 6.79 Å². The standard InChI is InChI=1S/C9H7F3O4/c10-9(11,12)5-1-4(8(13)14)2-6-7(5)16-3-15-6/h1-2,8,13-14H,3H2. The number of alkyl halides is 3. The molecular weight excluding hydrogens is 229 g/mol. The van der Waals surface area contributed by atoms with Crippen molar-refractivity contribution in [2.45, 2.75) is 12.5 Å². The summed E-state index contributed by atoms with van der Waals surface area (Å²) in [5.74, 6) is -0.560. The average molecular weight is 236 g/mol. The third-order valence-corrected chi connectivity index (χ3v) is 2.10. The second-order valence-electron chi connectivity index (χ2n) is 3.17. The lowest BCUT2D eigenvalue weighted by molar-refractivity contribution is -0.139. The van der Waals surface area contributed by atoms with Crippen molar-refractivity contribution in [1.29, 1.82) is 0 Å². The topological polar surface area (TPSA) is 58.9 Å². The summed E-state index contributed by atoms with van der Waals surface area (Å²) in [4.78, 5) is 0. The van der Waals surface area contributed by atoms with E-state index >= 15 is 0 Å². The van der Waals surface area contributed by atoms with Crippen LogP contribution in [0.3, 0.4) is 0 Å². The minimum absolute atomic E-state index is 0.141. The second kappa shape index (κ2) is 3.53. The van der Waals surface area contributed by atoms with Gasteiger partial charge in [-0.2, -0.15) is 13.2 Å². The Hall–Kier alpha value is -1.47. The van der Waals surface area contributed by atoms with Crippen LogP contribution in [-0.2, 0) is 6.18 Å². The van der Waals surface area contributed by atoms with Crippen molar-refractivity contribution in [3.63, 3.8) is 0 Å². The zero-order valence-electron chi connectivity index (χ0n) is 7.78. The van der Waals surface area contributed by atoms with Gasteiger partial charge in [0.2, 0.25) is 6.79 Å². The summed E-state index contributed by atoms with van der Waals surface area (Å²) >= 11 is 0. The van der Waals surface area contributed by atoms with Crippen molar-refractivity contribution in [3.05, 3.63) is 23.3 Å². The number of halogens is 3. The Bertz CT molecular complexity index is 414. The van der Waals surface area contributed by atoms with Crippen molar-refractivity contribution < 1.29 is 32.9 Å². The molecule has 0 saturated heterocycles. The lowest BCUT2D eigenvalue weighted by Gasteiger charge is -2.12. The zero-order valence-corrected chi connectivity index (χ0v) is 7.78. The van der Waals surface area contributed by atoms with E-state index in [9.17, 15) is 13.2 Å². The first kappa shape index (κ1) is 11.0. The zero-order chi connectivity index (χ0) is 11.9. The molecule has 1 heterocycles. The van der Waals surface area contributed by atoms with E-state index in [1.807, 2.05) is 0 Å². The highest BCUT2D eigenvalue weighted by Crippen LogP contribution is 2.45. The average Bonchev–Trinajstić information content (AvgIpc) is 2.61. The van der Waals surface area contributed by atoms with Gasteiger partial charge in [0, 0.05) is 5.56 Å². The SMILES string of the molecule is OC(O)c1cc2c(c(C(F)(F)F)c1)OCO2. The summed E-state index contributed by atoms with van der Waals surface area (Å²) in [5, 5.41) is 17.7. The molecule has 88 valence electrons. The smallest absolute Gasteiger partial charge is 0.420 e. The molecule has 2 rings (SSSR count). The molecule has 0 fully saturated rings. The van der Waals surface area contributed by atoms with Crippen LogP contribution in [0, 0.1) is 0 Å². The Morgan fingerprint density at radius 1 is 1.19 bits per heavy atom. The molecule has 0 saturated carbocycles. The molecule has 4 nitrogen and oxygen atoms in total. The number of rotatable bonds is 1. The Morgan fingerprint density at radius 2 is 1.88 bits per heavy atom. The van der Waals surface area contributed by atoms with Crippen molar-refractivity contribution in [2.24, 2.45) is 0 Å². The van der Waals surface area contributed by atoms with Gasteiger partial charge in [-0.1, -0.05) is 0 Å². The van der Waals surface area contributed by atoms with Crippen LogP contribution in [-0.4, -0.2) is 17.0 Å². The highest BCUT2D eigenvalue weighted by molar-refractivity contribution is 5.52. The highest BCUT2D eigenvalue weighted by atomic mass is 19.4. The molecule has 2 N–H and O–H groups in total. The number of aliphatic hydroxyl groups excluding tert-OH is 1. The molecule has 1 aromatic carbocycles. The fraction of sp³-hybridized carbons (Fsp3) is 0.333. The fourth-order valence-electron chi connectivity index (χ4n) is 1.39. The molecule has 7 heteroatoms. The molecule has 0 atom stereocenters. The van der Waals surface area contributed by atoms with Gasteiger partial charge in [0.15, 0.2) is 17.8 Å². The number of hydrogen-bond acceptors (Lipinski definition) is 4. The maximum atomic E-state index is 12.6. The Balaban J connectivity index is 2.58. The molecule has 1 aliphatic heterocycles. The van der Waals surface area contributed by atoms with Crippen LogP contribution < -0.4 is 9.47 Å². The van der Waals surface area contributed by atoms with Gasteiger partial charge in [-0.05, 0) is 12.1 Å². The molecule has 0 bridgehead atoms. The monoisotopic (exact) mass is 236 g/mol. The predicted octanol–water partition coefficient (Wildman–Crippen LogP) is 1.42. The van der Waals surface area contributed by atoms with Gasteiger partial charge in [0.25, 0.3) is 0 Å². The van der Waals surface area contributed by atoms with Crippen molar-refractivity contribution >= 4 is 0 Å². The normalized spacial score (nSPS) is 14.6. The van der Waals surface area contributed by atoms with Gasteiger partial charge in [-0.3, -0.25) is 0 Å². The molecule has 16 heavy (non-hydrogen) atoms. The quantitative estimate of drug-likeness (QED) is 0.724. The minimum atomic E-state index is -4.64. The van der Waals surface area contributed by atoms with E-state index in [-0.39, 0.29) is 18.1 Å². The maximum absolute atomic E-state index is 12.6. The van der Waals surface area contributed by atoms with Gasteiger partial charge < -0.3 is 19.7 Å². The molecule has 0 aliphatic carbocycles. The van der Waals surface area contributed by atoms with Gasteiger partial charge in [0.05, 0.1) is 0 Å². The van der Waals surface area contributed by atoms with Crippen LogP contribution >= 0.6 is 0 Å². The molecule has 1 aromatic rings. The van der Waals surface area contributed by atoms with Crippen LogP contribution in [0.15, 0.2) is 12.1 Å². The van der Waals surface area contributed by atoms with Crippen molar-refractivity contribution in [1.82, 2.24) is 0 Å². The van der Waals surface area contributed by atoms with E-state index in [4.69, 9.17) is 14.9 Å². The van der Waals surface area contributed by atoms with E-state index in [0.717, 1.165) is 6.07 Å². The lowest BCUT2D eigenvalue weighted by atomic mass is 10.1. The summed E-state index contributed by atoms with van der Waals surface area (Å²) in [6.07, 6.45) is -6.63. The summed E-state index contributed by atoms with van der Waals surface area (Å²) in [6.45, 7) is -0.316. The highest BCUT2D eigenvalue weighted by Gasteiger charge is 2.38. The first-order valence-corrected chi connectivity index (χ1v) is 4.26. The van der Waals surface area contributed by atoms with E-state index in [0.29, 0.717) is 6.07 Å². The summed E-state index contributed by atoms with van der Waals surface area (Å²) in [7, 11) is 0. The largest absolute Gasteiger partial charge is 0.454 e. The van der Waals surface area contributed by atoms with E-state index < -0.39 is 23.8 Å². The molecule has 0 amide bonds. The second-order valence-corrected chi connectivity index (χ2v) is 3.17. The first-order chi connectivity index (χ1) is 7.39. The van der Waals surface area contributed by atoms with E-state index in [2.05, 4.69) is 4.74 Å². The molecule has 1 aliphatic rings. The van der Waals surface area contributed by atoms with Gasteiger partial charge >= 0.3 is 6.18 Å². The van der Waals surface area contributed by atoms with Crippen LogP contribution in [0.2, 0.25) is 0 Å². The van der Waals surface area contributed by atoms with Crippen molar-refractivity contribution in [3.8, 4) is 11.5 Å². The minimum Gasteiger partial charge on any atom is -0.454 e. The first-order valence-electron chi connectivity index (χ1n) is 4.26. The summed E-state index contributed by atoms with van der Waals surface area (Å²) < 4.78 is 47.2. The number of ether oxygens (including phenoxy) is 2. The van der Waals surface area contributed by atoms with E-state index in [1.54, 1.807) is 0 Å². The van der Waals surface area contributed by atoms with Crippen LogP contribution in [0.5, 0.6) is 11.5 Å². The molecular formula is C9H7F3O4. The number of benzene rings is 1. The summed E-state index contributed by atoms with van der Waals surface area (Å²) in [5.41, 5.74) is -1.37. The van der Waals surface area contributed by atoms with E-state index in [1.165, 1.54) is 0 Å². The number of fused-ring (bicyclic) bond motifs is 1. The molecule has 0 radical (unpaired) electrons. The summed E-state index contributed by atoms with van der Waals surface area (Å²) in [6, 6.07) is 1.72. The fourth-order valence-corrected chi connectivity index (χ4v) is 1.39. The third kappa shape index (κ3) is 1.79. The molecule has 0 unspecified atom stereocenters. The lowest BCUT2D eigenvalue weighted by Crippen LogP contribution is -2.08. The van der Waals surface area contributed by atoms with Gasteiger partial charge in [-0.25, -0.2) is 0 Å². The molecule has 0 aromatic heterocycles. The van der Waals surface area contributed by atoms with Crippen LogP contribution in [0.1, 0.15) is 17.4 Å². The Kier molecular flexibility index (Phi) is 2.43. The third-order valence-electron chi connectivity index (χ3n) is 2.10. The number of hydrogen-bond donors (Lipinski definition) is 2. The van der Waals surface area contributed by atoms with Gasteiger partial charge in [-0.15, -0.1) is 0 Å². The van der Waals surface area contributed by atoms with Crippen LogP contribution in [0.25, 0.3) is 0 Å². The Morgan fingerprint density at radius 3 is 2.44 bits per heavy atom. The number of aliphatic hydroxyl groups is 2.